The van der Waals surface area contributed by atoms with Crippen LogP contribution in [0.5, 0.6) is 11.5 Å². The molecule has 0 unspecified atom stereocenters. The molecule has 0 bridgehead atoms. The Labute approximate surface area is 207 Å². The number of nitro groups is 1. The van der Waals surface area contributed by atoms with Crippen molar-refractivity contribution in [2.45, 2.75) is 13.5 Å². The van der Waals surface area contributed by atoms with Crippen LogP contribution in [0, 0.1) is 15.5 Å². The number of halogens is 2. The summed E-state index contributed by atoms with van der Waals surface area (Å²) in [5.41, 5.74) is 0.167. The number of rotatable bonds is 6. The standard InChI is InChI=1S/C21H15Cl2N5O5S/c1-10-26-27-19(24)14(20(29)25-21(27)34-10)5-12-6-17(32-2)18(8-16(12)28(30)31)33-9-11-3-4-13(22)7-15(11)23/h3-8,24H,9H2,1-2H3/b14-5-,24-19?. The maximum absolute atomic E-state index is 12.5. The minimum atomic E-state index is -0.695. The molecule has 1 N–H and O–H groups in total. The van der Waals surface area contributed by atoms with E-state index in [0.717, 1.165) is 11.8 Å². The van der Waals surface area contributed by atoms with Gasteiger partial charge >= 0.3 is 0 Å². The third kappa shape index (κ3) is 4.63. The number of aliphatic imine (C=N–C) groups is 1. The molecule has 2 aliphatic heterocycles. The van der Waals surface area contributed by atoms with Gasteiger partial charge in [-0.2, -0.15) is 15.1 Å². The second-order valence-corrected chi connectivity index (χ2v) is 8.99. The molecule has 1 amide bonds. The zero-order valence-electron chi connectivity index (χ0n) is 17.7. The zero-order chi connectivity index (χ0) is 24.6. The van der Waals surface area contributed by atoms with Crippen molar-refractivity contribution in [1.29, 1.82) is 5.41 Å². The first-order chi connectivity index (χ1) is 16.2. The number of nitrogens with zero attached hydrogens (tertiary/aromatic N) is 4. The number of amidine groups is 2. The van der Waals surface area contributed by atoms with Crippen LogP contribution in [0.4, 0.5) is 5.69 Å². The topological polar surface area (TPSA) is 130 Å². The van der Waals surface area contributed by atoms with E-state index in [2.05, 4.69) is 10.1 Å². The Morgan fingerprint density at radius 1 is 1.26 bits per heavy atom. The van der Waals surface area contributed by atoms with Crippen LogP contribution in [0.2, 0.25) is 10.0 Å². The van der Waals surface area contributed by atoms with Crippen LogP contribution in [-0.2, 0) is 11.4 Å². The number of fused-ring (bicyclic) bond motifs is 1. The van der Waals surface area contributed by atoms with Crippen LogP contribution in [0.25, 0.3) is 6.08 Å². The Bertz CT molecular complexity index is 1340. The van der Waals surface area contributed by atoms with Crippen molar-refractivity contribution in [2.75, 3.05) is 7.11 Å². The van der Waals surface area contributed by atoms with Crippen molar-refractivity contribution in [3.05, 3.63) is 67.2 Å². The summed E-state index contributed by atoms with van der Waals surface area (Å²) in [5, 5.41) is 27.3. The summed E-state index contributed by atoms with van der Waals surface area (Å²) in [6.45, 7) is 1.73. The average Bonchev–Trinajstić information content (AvgIpc) is 3.16. The molecule has 0 aromatic heterocycles. The van der Waals surface area contributed by atoms with Crippen molar-refractivity contribution in [3.63, 3.8) is 0 Å². The van der Waals surface area contributed by atoms with E-state index in [1.807, 2.05) is 0 Å². The van der Waals surface area contributed by atoms with Gasteiger partial charge in [-0.05, 0) is 43.0 Å². The van der Waals surface area contributed by atoms with Gasteiger partial charge in [-0.15, -0.1) is 0 Å². The van der Waals surface area contributed by atoms with Gasteiger partial charge in [0.1, 0.15) is 6.61 Å². The number of nitrogens with one attached hydrogen (secondary N) is 1. The fraction of sp³-hybridized carbons (Fsp3) is 0.143. The number of benzene rings is 2. The van der Waals surface area contributed by atoms with Gasteiger partial charge in [-0.3, -0.25) is 20.3 Å². The van der Waals surface area contributed by atoms with Gasteiger partial charge in [0.2, 0.25) is 5.17 Å². The van der Waals surface area contributed by atoms with E-state index in [4.69, 9.17) is 38.1 Å². The molecule has 174 valence electrons. The molecule has 0 saturated heterocycles. The Morgan fingerprint density at radius 3 is 2.71 bits per heavy atom. The second-order valence-electron chi connectivity index (χ2n) is 6.98. The smallest absolute Gasteiger partial charge is 0.283 e. The first kappa shape index (κ1) is 23.7. The van der Waals surface area contributed by atoms with Crippen LogP contribution in [0.15, 0.2) is 46.0 Å². The fourth-order valence-corrected chi connectivity index (χ4v) is 4.35. The summed E-state index contributed by atoms with van der Waals surface area (Å²) in [6, 6.07) is 7.44. The van der Waals surface area contributed by atoms with Crippen molar-refractivity contribution < 1.29 is 19.2 Å². The minimum Gasteiger partial charge on any atom is -0.493 e. The fourth-order valence-electron chi connectivity index (χ4n) is 3.15. The summed E-state index contributed by atoms with van der Waals surface area (Å²) in [6.07, 6.45) is 1.22. The molecule has 0 fully saturated rings. The van der Waals surface area contributed by atoms with Gasteiger partial charge in [0.25, 0.3) is 11.6 Å². The lowest BCUT2D eigenvalue weighted by Gasteiger charge is -2.20. The van der Waals surface area contributed by atoms with E-state index in [9.17, 15) is 14.9 Å². The van der Waals surface area contributed by atoms with Gasteiger partial charge < -0.3 is 9.47 Å². The summed E-state index contributed by atoms with van der Waals surface area (Å²) in [5.74, 6) is -0.638. The molecular weight excluding hydrogens is 505 g/mol. The van der Waals surface area contributed by atoms with E-state index < -0.39 is 10.8 Å². The summed E-state index contributed by atoms with van der Waals surface area (Å²) >= 11 is 13.2. The number of carbonyl (C=O) groups excluding carboxylic acids is 1. The van der Waals surface area contributed by atoms with Crippen molar-refractivity contribution in [3.8, 4) is 11.5 Å². The van der Waals surface area contributed by atoms with Crippen molar-refractivity contribution in [2.24, 2.45) is 10.1 Å². The first-order valence-corrected chi connectivity index (χ1v) is 11.1. The Balaban J connectivity index is 1.71. The van der Waals surface area contributed by atoms with Crippen LogP contribution in [0.3, 0.4) is 0 Å². The van der Waals surface area contributed by atoms with Crippen LogP contribution in [-0.4, -0.2) is 39.0 Å². The number of hydrogen-bond acceptors (Lipinski definition) is 8. The number of nitro benzene ring substituents is 1. The number of methoxy groups -OCH3 is 1. The number of hydrogen-bond donors (Lipinski definition) is 1. The largest absolute Gasteiger partial charge is 0.493 e. The van der Waals surface area contributed by atoms with E-state index in [1.165, 1.54) is 30.3 Å². The van der Waals surface area contributed by atoms with E-state index in [1.54, 1.807) is 25.1 Å². The van der Waals surface area contributed by atoms with Gasteiger partial charge in [0.05, 0.1) is 34.3 Å². The molecule has 0 saturated carbocycles. The average molecular weight is 520 g/mol. The Hall–Kier alpha value is -3.41. The molecule has 34 heavy (non-hydrogen) atoms. The molecule has 2 aliphatic rings. The highest BCUT2D eigenvalue weighted by atomic mass is 35.5. The monoisotopic (exact) mass is 519 g/mol. The summed E-state index contributed by atoms with van der Waals surface area (Å²) in [4.78, 5) is 27.7. The zero-order valence-corrected chi connectivity index (χ0v) is 20.0. The lowest BCUT2D eigenvalue weighted by Crippen LogP contribution is -2.35. The number of hydrazone groups is 1. The van der Waals surface area contributed by atoms with Crippen LogP contribution < -0.4 is 9.47 Å². The molecule has 0 radical (unpaired) electrons. The predicted molar refractivity (Wildman–Crippen MR) is 131 cm³/mol. The molecule has 2 aromatic rings. The molecule has 2 heterocycles. The number of ether oxygens (including phenoxy) is 2. The van der Waals surface area contributed by atoms with E-state index >= 15 is 0 Å². The van der Waals surface area contributed by atoms with Crippen LogP contribution in [0.1, 0.15) is 18.1 Å². The normalized spacial score (nSPS) is 16.4. The molecule has 0 aliphatic carbocycles. The highest BCUT2D eigenvalue weighted by molar-refractivity contribution is 8.26. The summed E-state index contributed by atoms with van der Waals surface area (Å²) < 4.78 is 11.1. The Morgan fingerprint density at radius 2 is 2.03 bits per heavy atom. The molecule has 13 heteroatoms. The van der Waals surface area contributed by atoms with E-state index in [-0.39, 0.29) is 45.9 Å². The van der Waals surface area contributed by atoms with Gasteiger partial charge in [0.15, 0.2) is 17.3 Å². The summed E-state index contributed by atoms with van der Waals surface area (Å²) in [7, 11) is 1.38. The van der Waals surface area contributed by atoms with Gasteiger partial charge in [-0.1, -0.05) is 29.3 Å². The third-order valence-electron chi connectivity index (χ3n) is 4.76. The minimum absolute atomic E-state index is 0.00849. The van der Waals surface area contributed by atoms with Gasteiger partial charge in [-0.25, -0.2) is 0 Å². The SMILES string of the molecule is COc1cc(/C=C2/C(=N)N3N=C(C)SC3=NC2=O)c([N+](=O)[O-])cc1OCc1ccc(Cl)cc1Cl. The van der Waals surface area contributed by atoms with Gasteiger partial charge in [0, 0.05) is 15.6 Å². The molecular formula is C21H15Cl2N5O5S. The van der Waals surface area contributed by atoms with Crippen LogP contribution >= 0.6 is 35.0 Å². The predicted octanol–water partition coefficient (Wildman–Crippen LogP) is 5.13. The molecule has 0 spiro atoms. The first-order valence-electron chi connectivity index (χ1n) is 9.58. The van der Waals surface area contributed by atoms with Crippen molar-refractivity contribution >= 4 is 68.7 Å². The maximum Gasteiger partial charge on any atom is 0.283 e. The second kappa shape index (κ2) is 9.45. The Kier molecular flexibility index (Phi) is 6.60. The molecule has 0 atom stereocenters. The number of thioether (sulfide) groups is 1. The molecule has 2 aromatic carbocycles. The number of carbonyl (C=O) groups is 1. The molecule has 10 nitrogen and oxygen atoms in total. The highest BCUT2D eigenvalue weighted by Gasteiger charge is 2.35. The van der Waals surface area contributed by atoms with E-state index in [0.29, 0.717) is 20.7 Å². The van der Waals surface area contributed by atoms with Crippen molar-refractivity contribution in [1.82, 2.24) is 5.01 Å². The lowest BCUT2D eigenvalue weighted by molar-refractivity contribution is -0.385. The maximum atomic E-state index is 12.5. The number of amides is 1. The lowest BCUT2D eigenvalue weighted by atomic mass is 10.1. The third-order valence-corrected chi connectivity index (χ3v) is 6.17. The molecule has 4 rings (SSSR count). The highest BCUT2D eigenvalue weighted by Crippen LogP contribution is 2.37. The quantitative estimate of drug-likeness (QED) is 0.318.